The molecule has 0 aliphatic rings. The van der Waals surface area contributed by atoms with Crippen LogP contribution >= 0.6 is 0 Å². The summed E-state index contributed by atoms with van der Waals surface area (Å²) in [7, 11) is -3.52. The minimum atomic E-state index is -3.52. The van der Waals surface area contributed by atoms with E-state index in [9.17, 15) is 13.2 Å². The first-order valence-electron chi connectivity index (χ1n) is 10.6. The Morgan fingerprint density at radius 1 is 1.10 bits per heavy atom. The number of carbonyl (C=O) groups is 1. The van der Waals surface area contributed by atoms with Crippen LogP contribution in [-0.4, -0.2) is 33.7 Å². The van der Waals surface area contributed by atoms with Gasteiger partial charge in [0.05, 0.1) is 24.6 Å². The number of aryl methyl sites for hydroxylation is 3. The molecule has 7 heteroatoms. The van der Waals surface area contributed by atoms with Gasteiger partial charge in [0.1, 0.15) is 5.75 Å². The quantitative estimate of drug-likeness (QED) is 0.586. The van der Waals surface area contributed by atoms with E-state index in [-0.39, 0.29) is 24.9 Å². The predicted octanol–water partition coefficient (Wildman–Crippen LogP) is 4.43. The van der Waals surface area contributed by atoms with Crippen molar-refractivity contribution >= 4 is 21.6 Å². The average molecular weight is 447 g/mol. The molecule has 0 saturated carbocycles. The first kappa shape index (κ1) is 24.7. The van der Waals surface area contributed by atoms with Gasteiger partial charge in [-0.3, -0.25) is 9.10 Å². The number of rotatable bonds is 10. The number of hydrogen-bond donors (Lipinski definition) is 1. The first-order chi connectivity index (χ1) is 14.5. The van der Waals surface area contributed by atoms with E-state index in [1.807, 2.05) is 20.8 Å². The molecule has 0 unspecified atom stereocenters. The van der Waals surface area contributed by atoms with Crippen molar-refractivity contribution in [3.8, 4) is 5.75 Å². The Morgan fingerprint density at radius 3 is 2.39 bits per heavy atom. The second-order valence-corrected chi connectivity index (χ2v) is 9.83. The van der Waals surface area contributed by atoms with Crippen LogP contribution in [0.15, 0.2) is 36.4 Å². The largest absolute Gasteiger partial charge is 0.492 e. The Labute approximate surface area is 186 Å². The number of benzene rings is 2. The second kappa shape index (κ2) is 10.7. The van der Waals surface area contributed by atoms with Gasteiger partial charge in [-0.15, -0.1) is 0 Å². The highest BCUT2D eigenvalue weighted by molar-refractivity contribution is 7.92. The minimum Gasteiger partial charge on any atom is -0.492 e. The molecule has 6 nitrogen and oxygen atoms in total. The van der Waals surface area contributed by atoms with Crippen LogP contribution in [0.1, 0.15) is 55.0 Å². The highest BCUT2D eigenvalue weighted by atomic mass is 32.2. The maximum absolute atomic E-state index is 12.5. The molecule has 2 aromatic rings. The monoisotopic (exact) mass is 446 g/mol. The van der Waals surface area contributed by atoms with E-state index in [1.54, 1.807) is 24.3 Å². The number of nitrogens with one attached hydrogen (secondary N) is 1. The molecule has 2 aromatic carbocycles. The van der Waals surface area contributed by atoms with E-state index in [2.05, 4.69) is 31.3 Å². The molecule has 0 heterocycles. The Kier molecular flexibility index (Phi) is 8.51. The lowest BCUT2D eigenvalue weighted by molar-refractivity contribution is -0.121. The van der Waals surface area contributed by atoms with Crippen LogP contribution in [0.3, 0.4) is 0 Å². The molecule has 0 fully saturated rings. The van der Waals surface area contributed by atoms with Crippen molar-refractivity contribution in [2.75, 3.05) is 23.7 Å². The van der Waals surface area contributed by atoms with Crippen molar-refractivity contribution in [2.24, 2.45) is 0 Å². The Balaban J connectivity index is 2.03. The second-order valence-electron chi connectivity index (χ2n) is 7.92. The zero-order valence-electron chi connectivity index (χ0n) is 19.4. The van der Waals surface area contributed by atoms with Gasteiger partial charge in [0.15, 0.2) is 0 Å². The lowest BCUT2D eigenvalue weighted by Gasteiger charge is -2.24. The van der Waals surface area contributed by atoms with Gasteiger partial charge in [0.2, 0.25) is 15.9 Å². The number of hydrogen-bond acceptors (Lipinski definition) is 4. The molecule has 0 spiro atoms. The zero-order chi connectivity index (χ0) is 23.2. The lowest BCUT2D eigenvalue weighted by Crippen LogP contribution is -2.33. The number of carbonyl (C=O) groups excluding carboxylic acids is 1. The van der Waals surface area contributed by atoms with Gasteiger partial charge < -0.3 is 10.1 Å². The van der Waals surface area contributed by atoms with Crippen LogP contribution in [-0.2, 0) is 14.8 Å². The molecule has 2 rings (SSSR count). The van der Waals surface area contributed by atoms with Crippen LogP contribution in [0.25, 0.3) is 0 Å². The predicted molar refractivity (Wildman–Crippen MR) is 126 cm³/mol. The first-order valence-corrected chi connectivity index (χ1v) is 12.5. The van der Waals surface area contributed by atoms with Gasteiger partial charge >= 0.3 is 0 Å². The van der Waals surface area contributed by atoms with Gasteiger partial charge in [0, 0.05) is 13.0 Å². The van der Waals surface area contributed by atoms with Crippen molar-refractivity contribution < 1.29 is 17.9 Å². The normalized spacial score (nSPS) is 12.3. The van der Waals surface area contributed by atoms with Crippen molar-refractivity contribution in [2.45, 2.75) is 53.5 Å². The van der Waals surface area contributed by atoms with E-state index in [4.69, 9.17) is 4.74 Å². The molecule has 170 valence electrons. The maximum atomic E-state index is 12.5. The Bertz CT molecular complexity index is 1020. The van der Waals surface area contributed by atoms with E-state index >= 15 is 0 Å². The summed E-state index contributed by atoms with van der Waals surface area (Å²) < 4.78 is 31.7. The molecule has 0 bridgehead atoms. The van der Waals surface area contributed by atoms with E-state index in [0.29, 0.717) is 24.5 Å². The number of amides is 1. The van der Waals surface area contributed by atoms with Crippen LogP contribution in [0.4, 0.5) is 5.69 Å². The highest BCUT2D eigenvalue weighted by Gasteiger charge is 2.21. The van der Waals surface area contributed by atoms with Gasteiger partial charge in [-0.25, -0.2) is 8.42 Å². The summed E-state index contributed by atoms with van der Waals surface area (Å²) in [6, 6.07) is 11.2. The van der Waals surface area contributed by atoms with E-state index in [0.717, 1.165) is 11.1 Å². The third-order valence-electron chi connectivity index (χ3n) is 5.33. The zero-order valence-corrected chi connectivity index (χ0v) is 20.2. The summed E-state index contributed by atoms with van der Waals surface area (Å²) in [6.45, 7) is 10.6. The fourth-order valence-corrected chi connectivity index (χ4v) is 4.60. The van der Waals surface area contributed by atoms with Crippen molar-refractivity contribution in [3.05, 3.63) is 58.7 Å². The summed E-state index contributed by atoms with van der Waals surface area (Å²) >= 11 is 0. The van der Waals surface area contributed by atoms with Crippen LogP contribution in [0.2, 0.25) is 0 Å². The standard InChI is InChI=1S/C24H34N2O4S/c1-7-30-23-12-9-8-11-22(23)26(31(6,28)29)14-10-13-24(27)25-20(5)21-16-18(3)17(2)15-19(21)4/h8-9,11-12,15-16,20H,7,10,13-14H2,1-6H3,(H,25,27)/t20-/m0/s1. The van der Waals surface area contributed by atoms with Crippen LogP contribution in [0.5, 0.6) is 5.75 Å². The topological polar surface area (TPSA) is 75.7 Å². The molecule has 0 aliphatic carbocycles. The average Bonchev–Trinajstić information content (AvgIpc) is 2.68. The molecule has 0 aliphatic heterocycles. The lowest BCUT2D eigenvalue weighted by atomic mass is 9.96. The molecule has 1 amide bonds. The molecular formula is C24H34N2O4S. The number of para-hydroxylation sites is 2. The molecule has 0 aromatic heterocycles. The fraction of sp³-hybridized carbons (Fsp3) is 0.458. The van der Waals surface area contributed by atoms with Crippen LogP contribution in [0, 0.1) is 20.8 Å². The number of sulfonamides is 1. The van der Waals surface area contributed by atoms with Crippen LogP contribution < -0.4 is 14.4 Å². The Hall–Kier alpha value is -2.54. The van der Waals surface area contributed by atoms with Gasteiger partial charge in [0.25, 0.3) is 0 Å². The minimum absolute atomic E-state index is 0.100. The van der Waals surface area contributed by atoms with Gasteiger partial charge in [-0.05, 0) is 75.4 Å². The van der Waals surface area contributed by atoms with Crippen molar-refractivity contribution in [1.29, 1.82) is 0 Å². The molecule has 1 atom stereocenters. The third kappa shape index (κ3) is 6.72. The number of nitrogens with zero attached hydrogens (tertiary/aromatic N) is 1. The maximum Gasteiger partial charge on any atom is 0.232 e. The summed E-state index contributed by atoms with van der Waals surface area (Å²) in [5, 5.41) is 3.04. The summed E-state index contributed by atoms with van der Waals surface area (Å²) in [6.07, 6.45) is 1.80. The third-order valence-corrected chi connectivity index (χ3v) is 6.51. The number of ether oxygens (including phenoxy) is 1. The van der Waals surface area contributed by atoms with E-state index < -0.39 is 10.0 Å². The Morgan fingerprint density at radius 2 is 1.74 bits per heavy atom. The van der Waals surface area contributed by atoms with Gasteiger partial charge in [-0.2, -0.15) is 0 Å². The summed E-state index contributed by atoms with van der Waals surface area (Å²) in [4.78, 5) is 12.5. The number of anilines is 1. The summed E-state index contributed by atoms with van der Waals surface area (Å²) in [5.74, 6) is 0.412. The SMILES string of the molecule is CCOc1ccccc1N(CCCC(=O)N[C@@H](C)c1cc(C)c(C)cc1C)S(C)(=O)=O. The smallest absolute Gasteiger partial charge is 0.232 e. The fourth-order valence-electron chi connectivity index (χ4n) is 3.63. The highest BCUT2D eigenvalue weighted by Crippen LogP contribution is 2.30. The molecule has 31 heavy (non-hydrogen) atoms. The van der Waals surface area contributed by atoms with Gasteiger partial charge in [-0.1, -0.05) is 24.3 Å². The molecule has 1 N–H and O–H groups in total. The van der Waals surface area contributed by atoms with E-state index in [1.165, 1.54) is 21.7 Å². The molecular weight excluding hydrogens is 412 g/mol. The molecule has 0 radical (unpaired) electrons. The summed E-state index contributed by atoms with van der Waals surface area (Å²) in [5.41, 5.74) is 5.16. The van der Waals surface area contributed by atoms with Crippen molar-refractivity contribution in [3.63, 3.8) is 0 Å². The molecule has 0 saturated heterocycles. The van der Waals surface area contributed by atoms with Crippen molar-refractivity contribution in [1.82, 2.24) is 5.32 Å².